The van der Waals surface area contributed by atoms with Crippen LogP contribution in [0.1, 0.15) is 26.7 Å². The molecule has 16 heavy (non-hydrogen) atoms. The van der Waals surface area contributed by atoms with Crippen molar-refractivity contribution in [2.75, 3.05) is 31.1 Å². The van der Waals surface area contributed by atoms with Crippen LogP contribution in [0.4, 0.5) is 0 Å². The first-order valence-corrected chi connectivity index (χ1v) is 7.34. The zero-order valence-corrected chi connectivity index (χ0v) is 11.1. The maximum absolute atomic E-state index is 12.2. The maximum atomic E-state index is 12.2. The topological polar surface area (TPSA) is 32.3 Å². The summed E-state index contributed by atoms with van der Waals surface area (Å²) in [6.45, 7) is 7.44. The lowest BCUT2D eigenvalue weighted by atomic mass is 9.82. The van der Waals surface area contributed by atoms with Crippen molar-refractivity contribution in [2.24, 2.45) is 5.41 Å². The van der Waals surface area contributed by atoms with Gasteiger partial charge in [0.05, 0.1) is 6.04 Å². The highest BCUT2D eigenvalue weighted by Crippen LogP contribution is 2.30. The fraction of sp³-hybridized carbons (Fsp3) is 0.917. The average Bonchev–Trinajstić information content (AvgIpc) is 2.29. The largest absolute Gasteiger partial charge is 0.341 e. The minimum absolute atomic E-state index is 0.0694. The molecule has 0 bridgehead atoms. The van der Waals surface area contributed by atoms with Gasteiger partial charge in [-0.25, -0.2) is 0 Å². The zero-order chi connectivity index (χ0) is 11.6. The summed E-state index contributed by atoms with van der Waals surface area (Å²) < 4.78 is 0. The molecule has 2 rings (SSSR count). The fourth-order valence-corrected chi connectivity index (χ4v) is 3.20. The van der Waals surface area contributed by atoms with Gasteiger partial charge in [0, 0.05) is 31.1 Å². The van der Waals surface area contributed by atoms with Gasteiger partial charge in [-0.3, -0.25) is 4.79 Å². The first-order valence-electron chi connectivity index (χ1n) is 6.18. The lowest BCUT2D eigenvalue weighted by molar-refractivity contribution is -0.134. The van der Waals surface area contributed by atoms with E-state index in [0.29, 0.717) is 11.3 Å². The summed E-state index contributed by atoms with van der Waals surface area (Å²) >= 11 is 1.89. The van der Waals surface area contributed by atoms with Crippen LogP contribution in [0.2, 0.25) is 0 Å². The van der Waals surface area contributed by atoms with Gasteiger partial charge in [0.25, 0.3) is 0 Å². The van der Waals surface area contributed by atoms with Crippen LogP contribution < -0.4 is 5.32 Å². The molecular formula is C12H22N2OS. The molecule has 0 spiro atoms. The standard InChI is InChI=1S/C12H22N2OS/c1-12(2)3-6-14(7-4-12)11(15)10-9-16-8-5-13-10/h10,13H,3-9H2,1-2H3. The number of nitrogens with zero attached hydrogens (tertiary/aromatic N) is 1. The highest BCUT2D eigenvalue weighted by Gasteiger charge is 2.31. The molecule has 0 aromatic carbocycles. The number of carbonyl (C=O) groups is 1. The van der Waals surface area contributed by atoms with Crippen molar-refractivity contribution in [1.29, 1.82) is 0 Å². The van der Waals surface area contributed by atoms with Gasteiger partial charge in [-0.05, 0) is 18.3 Å². The Labute approximate surface area is 102 Å². The predicted octanol–water partition coefficient (Wildman–Crippen LogP) is 1.34. The minimum atomic E-state index is 0.0694. The van der Waals surface area contributed by atoms with E-state index >= 15 is 0 Å². The van der Waals surface area contributed by atoms with Crippen LogP contribution >= 0.6 is 11.8 Å². The van der Waals surface area contributed by atoms with Gasteiger partial charge in [0.1, 0.15) is 0 Å². The van der Waals surface area contributed by atoms with Crippen molar-refractivity contribution in [3.8, 4) is 0 Å². The summed E-state index contributed by atoms with van der Waals surface area (Å²) in [6, 6.07) is 0.0694. The maximum Gasteiger partial charge on any atom is 0.240 e. The zero-order valence-electron chi connectivity index (χ0n) is 10.3. The van der Waals surface area contributed by atoms with Gasteiger partial charge in [-0.15, -0.1) is 0 Å². The molecule has 1 atom stereocenters. The van der Waals surface area contributed by atoms with Gasteiger partial charge in [-0.1, -0.05) is 13.8 Å². The monoisotopic (exact) mass is 242 g/mol. The number of nitrogens with one attached hydrogen (secondary N) is 1. The van der Waals surface area contributed by atoms with E-state index < -0.39 is 0 Å². The fourth-order valence-electron chi connectivity index (χ4n) is 2.28. The Hall–Kier alpha value is -0.220. The SMILES string of the molecule is CC1(C)CCN(C(=O)C2CSCCN2)CC1. The first kappa shape index (κ1) is 12.2. The number of hydrogen-bond acceptors (Lipinski definition) is 3. The Morgan fingerprint density at radius 2 is 2.06 bits per heavy atom. The molecule has 0 aromatic heterocycles. The van der Waals surface area contributed by atoms with Gasteiger partial charge in [0.2, 0.25) is 5.91 Å². The van der Waals surface area contributed by atoms with Crippen LogP contribution in [-0.4, -0.2) is 48.0 Å². The molecule has 1 amide bonds. The smallest absolute Gasteiger partial charge is 0.240 e. The second-order valence-electron chi connectivity index (χ2n) is 5.57. The Balaban J connectivity index is 1.86. The van der Waals surface area contributed by atoms with Crippen LogP contribution in [-0.2, 0) is 4.79 Å². The van der Waals surface area contributed by atoms with Crippen molar-refractivity contribution < 1.29 is 4.79 Å². The van der Waals surface area contributed by atoms with E-state index in [0.717, 1.165) is 44.0 Å². The highest BCUT2D eigenvalue weighted by atomic mass is 32.2. The second-order valence-corrected chi connectivity index (χ2v) is 6.72. The first-order chi connectivity index (χ1) is 7.58. The molecule has 1 N–H and O–H groups in total. The number of piperidine rings is 1. The van der Waals surface area contributed by atoms with Crippen molar-refractivity contribution in [3.63, 3.8) is 0 Å². The van der Waals surface area contributed by atoms with Gasteiger partial charge < -0.3 is 10.2 Å². The molecule has 92 valence electrons. The molecule has 4 heteroatoms. The van der Waals surface area contributed by atoms with E-state index in [-0.39, 0.29) is 6.04 Å². The van der Waals surface area contributed by atoms with Crippen molar-refractivity contribution in [1.82, 2.24) is 10.2 Å². The number of rotatable bonds is 1. The van der Waals surface area contributed by atoms with Crippen molar-refractivity contribution in [3.05, 3.63) is 0 Å². The molecule has 2 heterocycles. The Kier molecular flexibility index (Phi) is 3.80. The number of likely N-dealkylation sites (tertiary alicyclic amines) is 1. The van der Waals surface area contributed by atoms with Gasteiger partial charge in [0.15, 0.2) is 0 Å². The van der Waals surface area contributed by atoms with Gasteiger partial charge >= 0.3 is 0 Å². The number of amides is 1. The molecule has 3 nitrogen and oxygen atoms in total. The molecule has 2 fully saturated rings. The van der Waals surface area contributed by atoms with E-state index in [1.165, 1.54) is 0 Å². The number of carbonyl (C=O) groups excluding carboxylic acids is 1. The summed E-state index contributed by atoms with van der Waals surface area (Å²) in [6.07, 6.45) is 2.28. The third kappa shape index (κ3) is 2.92. The predicted molar refractivity (Wildman–Crippen MR) is 68.7 cm³/mol. The highest BCUT2D eigenvalue weighted by molar-refractivity contribution is 7.99. The van der Waals surface area contributed by atoms with E-state index in [2.05, 4.69) is 24.1 Å². The molecule has 0 radical (unpaired) electrons. The second kappa shape index (κ2) is 4.96. The van der Waals surface area contributed by atoms with Crippen LogP contribution in [0.15, 0.2) is 0 Å². The van der Waals surface area contributed by atoms with Gasteiger partial charge in [-0.2, -0.15) is 11.8 Å². The van der Waals surface area contributed by atoms with Crippen molar-refractivity contribution in [2.45, 2.75) is 32.7 Å². The number of thioether (sulfide) groups is 1. The molecule has 2 aliphatic heterocycles. The van der Waals surface area contributed by atoms with Crippen LogP contribution in [0.5, 0.6) is 0 Å². The molecule has 0 aromatic rings. The lowest BCUT2D eigenvalue weighted by Crippen LogP contribution is -2.53. The van der Waals surface area contributed by atoms with E-state index in [4.69, 9.17) is 0 Å². The van der Waals surface area contributed by atoms with Crippen LogP contribution in [0.25, 0.3) is 0 Å². The average molecular weight is 242 g/mol. The van der Waals surface area contributed by atoms with E-state index in [1.54, 1.807) is 0 Å². The molecule has 2 aliphatic rings. The minimum Gasteiger partial charge on any atom is -0.341 e. The Bertz CT molecular complexity index is 252. The third-order valence-corrected chi connectivity index (χ3v) is 4.71. The van der Waals surface area contributed by atoms with Crippen LogP contribution in [0, 0.1) is 5.41 Å². The third-order valence-electron chi connectivity index (χ3n) is 3.65. The summed E-state index contributed by atoms with van der Waals surface area (Å²) in [4.78, 5) is 14.3. The van der Waals surface area contributed by atoms with Crippen molar-refractivity contribution >= 4 is 17.7 Å². The number of hydrogen-bond donors (Lipinski definition) is 1. The molecule has 1 unspecified atom stereocenters. The molecular weight excluding hydrogens is 220 g/mol. The normalized spacial score (nSPS) is 30.1. The summed E-state index contributed by atoms with van der Waals surface area (Å²) in [5.41, 5.74) is 0.422. The molecule has 0 aliphatic carbocycles. The Morgan fingerprint density at radius 3 is 2.62 bits per heavy atom. The quantitative estimate of drug-likeness (QED) is 0.753. The van der Waals surface area contributed by atoms with E-state index in [1.807, 2.05) is 11.8 Å². The molecule has 2 saturated heterocycles. The summed E-state index contributed by atoms with van der Waals surface area (Å²) in [5.74, 6) is 2.40. The van der Waals surface area contributed by atoms with E-state index in [9.17, 15) is 4.79 Å². The lowest BCUT2D eigenvalue weighted by Gasteiger charge is -2.39. The summed E-state index contributed by atoms with van der Waals surface area (Å²) in [5, 5.41) is 3.32. The summed E-state index contributed by atoms with van der Waals surface area (Å²) in [7, 11) is 0. The molecule has 0 saturated carbocycles. The van der Waals surface area contributed by atoms with Crippen LogP contribution in [0.3, 0.4) is 0 Å². The Morgan fingerprint density at radius 1 is 1.38 bits per heavy atom.